The Morgan fingerprint density at radius 3 is 2.35 bits per heavy atom. The van der Waals surface area contributed by atoms with Crippen LogP contribution in [0.4, 0.5) is 5.69 Å². The molecule has 3 aromatic carbocycles. The first-order valence-electron chi connectivity index (χ1n) is 10.4. The predicted molar refractivity (Wildman–Crippen MR) is 120 cm³/mol. The van der Waals surface area contributed by atoms with Crippen LogP contribution in [0.2, 0.25) is 0 Å². The van der Waals surface area contributed by atoms with E-state index in [-0.39, 0.29) is 11.8 Å². The third-order valence-electron chi connectivity index (χ3n) is 5.84. The van der Waals surface area contributed by atoms with Gasteiger partial charge in [-0.3, -0.25) is 9.59 Å². The van der Waals surface area contributed by atoms with Crippen molar-refractivity contribution in [1.29, 1.82) is 0 Å². The van der Waals surface area contributed by atoms with Crippen molar-refractivity contribution >= 4 is 28.3 Å². The van der Waals surface area contributed by atoms with Gasteiger partial charge < -0.3 is 9.80 Å². The molecule has 2 aliphatic rings. The molecule has 2 aliphatic heterocycles. The Kier molecular flexibility index (Phi) is 5.16. The summed E-state index contributed by atoms with van der Waals surface area (Å²) in [6.45, 7) is 1.83. The van der Waals surface area contributed by atoms with Crippen LogP contribution in [0.25, 0.3) is 0 Å². The maximum Gasteiger partial charge on any atom is 0.259 e. The normalized spacial score (nSPS) is 17.8. The SMILES string of the molecule is O=C(c1ccc2c(c1)N(Cc1ccccc1)C(=O)c1ccccc1[S@@]2=O)N1CCCC1. The molecule has 156 valence electrons. The average Bonchev–Trinajstić information content (AvgIpc) is 3.34. The molecule has 0 unspecified atom stereocenters. The van der Waals surface area contributed by atoms with Crippen molar-refractivity contribution in [3.05, 3.63) is 89.5 Å². The summed E-state index contributed by atoms with van der Waals surface area (Å²) in [5.74, 6) is -0.253. The molecule has 6 heteroatoms. The van der Waals surface area contributed by atoms with Gasteiger partial charge in [0.15, 0.2) is 0 Å². The molecule has 31 heavy (non-hydrogen) atoms. The van der Waals surface area contributed by atoms with Crippen LogP contribution >= 0.6 is 0 Å². The molecular formula is C25H22N2O3S. The number of fused-ring (bicyclic) bond motifs is 2. The van der Waals surface area contributed by atoms with Crippen LogP contribution in [0.15, 0.2) is 82.6 Å². The lowest BCUT2D eigenvalue weighted by Gasteiger charge is -2.24. The van der Waals surface area contributed by atoms with E-state index >= 15 is 0 Å². The summed E-state index contributed by atoms with van der Waals surface area (Å²) >= 11 is 0. The number of amides is 2. The van der Waals surface area contributed by atoms with Gasteiger partial charge in [-0.25, -0.2) is 4.21 Å². The van der Waals surface area contributed by atoms with Gasteiger partial charge in [0.05, 0.1) is 38.4 Å². The first-order valence-corrected chi connectivity index (χ1v) is 11.6. The van der Waals surface area contributed by atoms with Gasteiger partial charge >= 0.3 is 0 Å². The molecule has 5 nitrogen and oxygen atoms in total. The van der Waals surface area contributed by atoms with Crippen LogP contribution in [0.3, 0.4) is 0 Å². The first-order chi connectivity index (χ1) is 15.1. The zero-order valence-corrected chi connectivity index (χ0v) is 17.8. The van der Waals surface area contributed by atoms with E-state index < -0.39 is 10.8 Å². The molecular weight excluding hydrogens is 408 g/mol. The van der Waals surface area contributed by atoms with Gasteiger partial charge in [0.2, 0.25) is 0 Å². The number of nitrogens with zero attached hydrogens (tertiary/aromatic N) is 2. The Hall–Kier alpha value is -3.25. The van der Waals surface area contributed by atoms with Crippen molar-refractivity contribution in [1.82, 2.24) is 4.90 Å². The molecule has 0 aliphatic carbocycles. The number of carbonyl (C=O) groups excluding carboxylic acids is 2. The minimum atomic E-state index is -1.52. The van der Waals surface area contributed by atoms with Gasteiger partial charge in [0, 0.05) is 18.7 Å². The summed E-state index contributed by atoms with van der Waals surface area (Å²) in [5.41, 5.74) is 2.45. The first kappa shape index (κ1) is 19.7. The maximum atomic E-state index is 13.6. The van der Waals surface area contributed by atoms with E-state index in [0.717, 1.165) is 31.5 Å². The molecule has 0 N–H and O–H groups in total. The summed E-state index contributed by atoms with van der Waals surface area (Å²) in [6.07, 6.45) is 2.02. The Morgan fingerprint density at radius 2 is 1.58 bits per heavy atom. The lowest BCUT2D eigenvalue weighted by molar-refractivity contribution is 0.0792. The Morgan fingerprint density at radius 1 is 0.871 bits per heavy atom. The molecule has 2 amide bonds. The molecule has 0 radical (unpaired) electrons. The quantitative estimate of drug-likeness (QED) is 0.624. The lowest BCUT2D eigenvalue weighted by atomic mass is 10.1. The Balaban J connectivity index is 1.65. The molecule has 0 saturated carbocycles. The highest BCUT2D eigenvalue weighted by atomic mass is 32.2. The highest BCUT2D eigenvalue weighted by molar-refractivity contribution is 7.85. The van der Waals surface area contributed by atoms with Crippen LogP contribution in [0.5, 0.6) is 0 Å². The Labute approximate surface area is 183 Å². The summed E-state index contributed by atoms with van der Waals surface area (Å²) < 4.78 is 13.4. The Bertz CT molecular complexity index is 1190. The fourth-order valence-electron chi connectivity index (χ4n) is 4.22. The van der Waals surface area contributed by atoms with Gasteiger partial charge in [0.1, 0.15) is 0 Å². The molecule has 1 fully saturated rings. The monoisotopic (exact) mass is 430 g/mol. The van der Waals surface area contributed by atoms with Gasteiger partial charge in [-0.15, -0.1) is 0 Å². The minimum Gasteiger partial charge on any atom is -0.339 e. The minimum absolute atomic E-state index is 0.0417. The van der Waals surface area contributed by atoms with Crippen molar-refractivity contribution < 1.29 is 13.8 Å². The second kappa shape index (κ2) is 8.12. The van der Waals surface area contributed by atoms with Gasteiger partial charge in [-0.1, -0.05) is 42.5 Å². The smallest absolute Gasteiger partial charge is 0.259 e. The van der Waals surface area contributed by atoms with Crippen molar-refractivity contribution in [2.75, 3.05) is 18.0 Å². The predicted octanol–water partition coefficient (Wildman–Crippen LogP) is 4.25. The average molecular weight is 431 g/mol. The number of likely N-dealkylation sites (tertiary alicyclic amines) is 1. The van der Waals surface area contributed by atoms with E-state index in [0.29, 0.717) is 33.2 Å². The molecule has 1 saturated heterocycles. The van der Waals surface area contributed by atoms with E-state index in [1.165, 1.54) is 0 Å². The fourth-order valence-corrected chi connectivity index (χ4v) is 5.57. The highest BCUT2D eigenvalue weighted by Crippen LogP contribution is 2.36. The van der Waals surface area contributed by atoms with Crippen LogP contribution in [0, 0.1) is 0 Å². The summed E-state index contributed by atoms with van der Waals surface area (Å²) in [7, 11) is -1.52. The van der Waals surface area contributed by atoms with E-state index in [9.17, 15) is 13.8 Å². The molecule has 0 bridgehead atoms. The molecule has 0 spiro atoms. The van der Waals surface area contributed by atoms with Crippen molar-refractivity contribution in [3.63, 3.8) is 0 Å². The van der Waals surface area contributed by atoms with Crippen LogP contribution in [0.1, 0.15) is 39.1 Å². The van der Waals surface area contributed by atoms with E-state index in [2.05, 4.69) is 0 Å². The van der Waals surface area contributed by atoms with Crippen LogP contribution in [-0.4, -0.2) is 34.0 Å². The van der Waals surface area contributed by atoms with Gasteiger partial charge in [0.25, 0.3) is 11.8 Å². The van der Waals surface area contributed by atoms with E-state index in [4.69, 9.17) is 0 Å². The van der Waals surface area contributed by atoms with Crippen LogP contribution in [-0.2, 0) is 17.3 Å². The zero-order chi connectivity index (χ0) is 21.4. The number of carbonyl (C=O) groups is 2. The second-order valence-corrected chi connectivity index (χ2v) is 9.24. The standard InChI is InChI=1S/C25H22N2O3S/c28-24(26-14-6-7-15-26)19-12-13-23-21(16-19)27(17-18-8-2-1-3-9-18)25(29)20-10-4-5-11-22(20)31(23)30/h1-5,8-13,16H,6-7,14-15,17H2/t31-/m0/s1. The van der Waals surface area contributed by atoms with Crippen LogP contribution < -0.4 is 4.90 Å². The zero-order valence-electron chi connectivity index (χ0n) is 17.0. The molecule has 1 atom stereocenters. The van der Waals surface area contributed by atoms with Crippen molar-refractivity contribution in [2.24, 2.45) is 0 Å². The molecule has 2 heterocycles. The fraction of sp³-hybridized carbons (Fsp3) is 0.200. The number of rotatable bonds is 3. The number of anilines is 1. The van der Waals surface area contributed by atoms with Crippen molar-refractivity contribution in [2.45, 2.75) is 29.2 Å². The molecule has 5 rings (SSSR count). The third-order valence-corrected chi connectivity index (χ3v) is 7.34. The van der Waals surface area contributed by atoms with Gasteiger partial charge in [-0.05, 0) is 48.7 Å². The second-order valence-electron chi connectivity index (χ2n) is 7.82. The highest BCUT2D eigenvalue weighted by Gasteiger charge is 2.32. The van der Waals surface area contributed by atoms with E-state index in [1.807, 2.05) is 35.2 Å². The van der Waals surface area contributed by atoms with Crippen molar-refractivity contribution in [3.8, 4) is 0 Å². The summed E-state index contributed by atoms with van der Waals surface area (Å²) in [4.78, 5) is 31.1. The number of hydrogen-bond donors (Lipinski definition) is 0. The third kappa shape index (κ3) is 3.57. The topological polar surface area (TPSA) is 57.7 Å². The number of hydrogen-bond acceptors (Lipinski definition) is 3. The molecule has 3 aromatic rings. The number of benzene rings is 3. The largest absolute Gasteiger partial charge is 0.339 e. The summed E-state index contributed by atoms with van der Waals surface area (Å²) in [5, 5.41) is 0. The summed E-state index contributed by atoms with van der Waals surface area (Å²) in [6, 6.07) is 21.9. The molecule has 0 aromatic heterocycles. The van der Waals surface area contributed by atoms with Gasteiger partial charge in [-0.2, -0.15) is 0 Å². The maximum absolute atomic E-state index is 13.6. The lowest BCUT2D eigenvalue weighted by Crippen LogP contribution is -2.31. The van der Waals surface area contributed by atoms with E-state index in [1.54, 1.807) is 47.4 Å².